The standard InChI is InChI=1S/C16H24N2O3/c1-4-9-18-12-10-11(13(19)7-8-17)5-6-14(12)21-16(2,3)15(18)20/h5-6,10,13,19H,4,7-9,17H2,1-3H3. The number of amides is 1. The summed E-state index contributed by atoms with van der Waals surface area (Å²) >= 11 is 0. The number of fused-ring (bicyclic) bond motifs is 1. The number of ether oxygens (including phenoxy) is 1. The number of carbonyl (C=O) groups excluding carboxylic acids is 1. The summed E-state index contributed by atoms with van der Waals surface area (Å²) in [5, 5.41) is 10.1. The van der Waals surface area contributed by atoms with Crippen molar-refractivity contribution < 1.29 is 14.6 Å². The number of nitrogens with two attached hydrogens (primary N) is 1. The van der Waals surface area contributed by atoms with Gasteiger partial charge in [-0.2, -0.15) is 0 Å². The van der Waals surface area contributed by atoms with E-state index in [0.29, 0.717) is 25.3 Å². The average Bonchev–Trinajstić information content (AvgIpc) is 2.43. The quantitative estimate of drug-likeness (QED) is 0.870. The van der Waals surface area contributed by atoms with Crippen LogP contribution >= 0.6 is 0 Å². The summed E-state index contributed by atoms with van der Waals surface area (Å²) in [6, 6.07) is 5.48. The predicted molar refractivity (Wildman–Crippen MR) is 82.4 cm³/mol. The number of hydrogen-bond donors (Lipinski definition) is 2. The van der Waals surface area contributed by atoms with Crippen LogP contribution in [0.4, 0.5) is 5.69 Å². The number of aliphatic hydroxyl groups excluding tert-OH is 1. The summed E-state index contributed by atoms with van der Waals surface area (Å²) in [5.74, 6) is 0.624. The summed E-state index contributed by atoms with van der Waals surface area (Å²) in [4.78, 5) is 14.3. The maximum absolute atomic E-state index is 12.5. The highest BCUT2D eigenvalue weighted by molar-refractivity contribution is 6.02. The maximum atomic E-state index is 12.5. The Morgan fingerprint density at radius 1 is 1.43 bits per heavy atom. The van der Waals surface area contributed by atoms with Gasteiger partial charge in [0.1, 0.15) is 5.75 Å². The zero-order valence-corrected chi connectivity index (χ0v) is 12.9. The largest absolute Gasteiger partial charge is 0.476 e. The second-order valence-corrected chi connectivity index (χ2v) is 5.89. The molecule has 5 nitrogen and oxygen atoms in total. The lowest BCUT2D eigenvalue weighted by Gasteiger charge is -2.39. The van der Waals surface area contributed by atoms with E-state index in [0.717, 1.165) is 17.7 Å². The number of hydrogen-bond acceptors (Lipinski definition) is 4. The van der Waals surface area contributed by atoms with E-state index >= 15 is 0 Å². The van der Waals surface area contributed by atoms with Gasteiger partial charge in [-0.05, 0) is 50.9 Å². The Balaban J connectivity index is 2.42. The molecule has 1 aliphatic rings. The highest BCUT2D eigenvalue weighted by atomic mass is 16.5. The lowest BCUT2D eigenvalue weighted by molar-refractivity contribution is -0.132. The van der Waals surface area contributed by atoms with Gasteiger partial charge in [-0.15, -0.1) is 0 Å². The summed E-state index contributed by atoms with van der Waals surface area (Å²) in [6.07, 6.45) is 0.734. The van der Waals surface area contributed by atoms with Gasteiger partial charge < -0.3 is 20.5 Å². The molecule has 1 amide bonds. The van der Waals surface area contributed by atoms with Crippen LogP contribution in [0.1, 0.15) is 45.3 Å². The van der Waals surface area contributed by atoms with Gasteiger partial charge in [-0.3, -0.25) is 4.79 Å². The highest BCUT2D eigenvalue weighted by Gasteiger charge is 2.40. The molecule has 1 aromatic carbocycles. The number of rotatable bonds is 5. The van der Waals surface area contributed by atoms with Gasteiger partial charge in [0, 0.05) is 6.54 Å². The Morgan fingerprint density at radius 3 is 2.76 bits per heavy atom. The van der Waals surface area contributed by atoms with Crippen LogP contribution in [-0.4, -0.2) is 29.7 Å². The zero-order chi connectivity index (χ0) is 15.6. The van der Waals surface area contributed by atoms with Gasteiger partial charge in [0.15, 0.2) is 5.60 Å². The molecule has 2 rings (SSSR count). The van der Waals surface area contributed by atoms with Gasteiger partial charge in [0.2, 0.25) is 0 Å². The van der Waals surface area contributed by atoms with Crippen molar-refractivity contribution in [3.63, 3.8) is 0 Å². The fourth-order valence-electron chi connectivity index (χ4n) is 2.56. The molecule has 1 aliphatic heterocycles. The summed E-state index contributed by atoms with van der Waals surface area (Å²) in [6.45, 7) is 6.63. The Hall–Kier alpha value is -1.59. The third kappa shape index (κ3) is 3.04. The molecule has 1 aromatic rings. The van der Waals surface area contributed by atoms with E-state index in [9.17, 15) is 9.90 Å². The van der Waals surface area contributed by atoms with E-state index < -0.39 is 11.7 Å². The third-order valence-corrected chi connectivity index (χ3v) is 3.67. The maximum Gasteiger partial charge on any atom is 0.270 e. The van der Waals surface area contributed by atoms with Crippen molar-refractivity contribution >= 4 is 11.6 Å². The highest BCUT2D eigenvalue weighted by Crippen LogP contribution is 2.39. The summed E-state index contributed by atoms with van der Waals surface area (Å²) in [7, 11) is 0. The fraction of sp³-hybridized carbons (Fsp3) is 0.562. The number of carbonyl (C=O) groups is 1. The second-order valence-electron chi connectivity index (χ2n) is 5.89. The Labute approximate surface area is 125 Å². The monoisotopic (exact) mass is 292 g/mol. The molecule has 3 N–H and O–H groups in total. The molecule has 21 heavy (non-hydrogen) atoms. The predicted octanol–water partition coefficient (Wildman–Crippen LogP) is 1.98. The van der Waals surface area contributed by atoms with Crippen molar-refractivity contribution in [2.45, 2.75) is 45.3 Å². The average molecular weight is 292 g/mol. The topological polar surface area (TPSA) is 75.8 Å². The van der Waals surface area contributed by atoms with E-state index in [1.807, 2.05) is 25.1 Å². The van der Waals surface area contributed by atoms with Gasteiger partial charge >= 0.3 is 0 Å². The molecule has 5 heteroatoms. The van der Waals surface area contributed by atoms with E-state index in [4.69, 9.17) is 10.5 Å². The minimum absolute atomic E-state index is 0.0534. The molecule has 116 valence electrons. The van der Waals surface area contributed by atoms with Crippen LogP contribution in [0, 0.1) is 0 Å². The third-order valence-electron chi connectivity index (χ3n) is 3.67. The second kappa shape index (κ2) is 6.03. The first-order valence-corrected chi connectivity index (χ1v) is 7.43. The first-order valence-electron chi connectivity index (χ1n) is 7.43. The Bertz CT molecular complexity index is 528. The molecule has 1 unspecified atom stereocenters. The first kappa shape index (κ1) is 15.8. The van der Waals surface area contributed by atoms with Gasteiger partial charge in [0.25, 0.3) is 5.91 Å². The number of nitrogens with zero attached hydrogens (tertiary/aromatic N) is 1. The van der Waals surface area contributed by atoms with Crippen molar-refractivity contribution in [2.24, 2.45) is 5.73 Å². The van der Waals surface area contributed by atoms with Crippen molar-refractivity contribution in [3.8, 4) is 5.75 Å². The van der Waals surface area contributed by atoms with Crippen molar-refractivity contribution in [2.75, 3.05) is 18.0 Å². The Morgan fingerprint density at radius 2 is 2.14 bits per heavy atom. The van der Waals surface area contributed by atoms with E-state index in [1.54, 1.807) is 18.7 Å². The van der Waals surface area contributed by atoms with Crippen molar-refractivity contribution in [3.05, 3.63) is 23.8 Å². The van der Waals surface area contributed by atoms with Crippen LogP contribution in [0.25, 0.3) is 0 Å². The van der Waals surface area contributed by atoms with Gasteiger partial charge in [-0.25, -0.2) is 0 Å². The number of aliphatic hydroxyl groups is 1. The van der Waals surface area contributed by atoms with Crippen LogP contribution in [0.3, 0.4) is 0 Å². The van der Waals surface area contributed by atoms with E-state index in [2.05, 4.69) is 0 Å². The van der Waals surface area contributed by atoms with Crippen LogP contribution in [-0.2, 0) is 4.79 Å². The molecular formula is C16H24N2O3. The van der Waals surface area contributed by atoms with Crippen LogP contribution < -0.4 is 15.4 Å². The molecule has 0 spiro atoms. The van der Waals surface area contributed by atoms with E-state index in [-0.39, 0.29) is 5.91 Å². The number of benzene rings is 1. The smallest absolute Gasteiger partial charge is 0.270 e. The molecule has 0 saturated carbocycles. The molecule has 0 aromatic heterocycles. The molecular weight excluding hydrogens is 268 g/mol. The molecule has 0 radical (unpaired) electrons. The van der Waals surface area contributed by atoms with Crippen LogP contribution in [0.5, 0.6) is 5.75 Å². The van der Waals surface area contributed by atoms with Crippen molar-refractivity contribution in [1.82, 2.24) is 0 Å². The first-order chi connectivity index (χ1) is 9.90. The molecule has 1 heterocycles. The van der Waals surface area contributed by atoms with Crippen LogP contribution in [0.15, 0.2) is 18.2 Å². The van der Waals surface area contributed by atoms with Crippen molar-refractivity contribution in [1.29, 1.82) is 0 Å². The molecule has 0 bridgehead atoms. The lowest BCUT2D eigenvalue weighted by Crippen LogP contribution is -2.52. The summed E-state index contributed by atoms with van der Waals surface area (Å²) < 4.78 is 5.81. The minimum Gasteiger partial charge on any atom is -0.476 e. The van der Waals surface area contributed by atoms with E-state index in [1.165, 1.54) is 0 Å². The molecule has 0 saturated heterocycles. The van der Waals surface area contributed by atoms with Gasteiger partial charge in [0.05, 0.1) is 11.8 Å². The minimum atomic E-state index is -0.862. The lowest BCUT2D eigenvalue weighted by atomic mass is 10.00. The SMILES string of the molecule is CCCN1C(=O)C(C)(C)Oc2ccc(C(O)CCN)cc21. The van der Waals surface area contributed by atoms with Gasteiger partial charge in [-0.1, -0.05) is 13.0 Å². The number of anilines is 1. The molecule has 0 aliphatic carbocycles. The fourth-order valence-corrected chi connectivity index (χ4v) is 2.56. The summed E-state index contributed by atoms with van der Waals surface area (Å²) in [5.41, 5.74) is 6.12. The Kier molecular flexibility index (Phi) is 4.54. The van der Waals surface area contributed by atoms with Crippen LogP contribution in [0.2, 0.25) is 0 Å². The molecule has 0 fully saturated rings. The zero-order valence-electron chi connectivity index (χ0n) is 12.9. The molecule has 1 atom stereocenters. The normalized spacial score (nSPS) is 18.1.